The van der Waals surface area contributed by atoms with Crippen molar-refractivity contribution in [3.05, 3.63) is 34.9 Å². The maximum absolute atomic E-state index is 12.2. The van der Waals surface area contributed by atoms with Gasteiger partial charge in [-0.05, 0) is 24.1 Å². The molecule has 1 unspecified atom stereocenters. The Hall–Kier alpha value is -1.26. The number of aliphatic hydroxyl groups is 1. The van der Waals surface area contributed by atoms with Crippen LogP contribution in [0.2, 0.25) is 5.02 Å². The molecule has 0 aliphatic carbocycles. The van der Waals surface area contributed by atoms with Crippen LogP contribution in [0, 0.1) is 5.92 Å². The first kappa shape index (κ1) is 16.1. The van der Waals surface area contributed by atoms with Crippen LogP contribution in [0.15, 0.2) is 24.3 Å². The first-order valence-corrected chi connectivity index (χ1v) is 7.70. The summed E-state index contributed by atoms with van der Waals surface area (Å²) in [6.45, 7) is 6.27. The molecular formula is C16H23ClN2O2. The van der Waals surface area contributed by atoms with E-state index in [1.807, 2.05) is 24.3 Å². The minimum Gasteiger partial charge on any atom is -0.396 e. The average molecular weight is 311 g/mol. The Morgan fingerprint density at radius 3 is 2.67 bits per heavy atom. The molecule has 1 saturated heterocycles. The highest BCUT2D eigenvalue weighted by molar-refractivity contribution is 6.30. The molecule has 1 aliphatic heterocycles. The minimum absolute atomic E-state index is 0.0482. The zero-order valence-electron chi connectivity index (χ0n) is 12.6. The summed E-state index contributed by atoms with van der Waals surface area (Å²) in [5.41, 5.74) is 0.984. The van der Waals surface area contributed by atoms with E-state index in [1.54, 1.807) is 4.90 Å². The van der Waals surface area contributed by atoms with Crippen molar-refractivity contribution in [3.63, 3.8) is 0 Å². The number of aliphatic hydroxyl groups excluding tert-OH is 1. The molecule has 1 atom stereocenters. The molecule has 1 fully saturated rings. The van der Waals surface area contributed by atoms with Crippen molar-refractivity contribution in [2.75, 3.05) is 26.2 Å². The molecule has 4 nitrogen and oxygen atoms in total. The Bertz CT molecular complexity index is 488. The summed E-state index contributed by atoms with van der Waals surface area (Å²) in [6, 6.07) is 7.67. The van der Waals surface area contributed by atoms with Gasteiger partial charge in [0.15, 0.2) is 0 Å². The third kappa shape index (κ3) is 4.11. The Morgan fingerprint density at radius 2 is 2.10 bits per heavy atom. The number of hydrogen-bond acceptors (Lipinski definition) is 2. The van der Waals surface area contributed by atoms with Gasteiger partial charge in [-0.25, -0.2) is 4.79 Å². The van der Waals surface area contributed by atoms with Crippen molar-refractivity contribution in [3.8, 4) is 0 Å². The Labute approximate surface area is 131 Å². The van der Waals surface area contributed by atoms with Crippen LogP contribution in [0.4, 0.5) is 4.79 Å². The van der Waals surface area contributed by atoms with Crippen molar-refractivity contribution >= 4 is 17.6 Å². The van der Waals surface area contributed by atoms with Crippen LogP contribution < -0.4 is 5.32 Å². The fourth-order valence-corrected chi connectivity index (χ4v) is 2.70. The molecule has 1 heterocycles. The number of urea groups is 1. The highest BCUT2D eigenvalue weighted by atomic mass is 35.5. The summed E-state index contributed by atoms with van der Waals surface area (Å²) >= 11 is 5.91. The van der Waals surface area contributed by atoms with E-state index in [0.717, 1.165) is 18.5 Å². The maximum atomic E-state index is 12.2. The van der Waals surface area contributed by atoms with Crippen molar-refractivity contribution in [2.45, 2.75) is 25.7 Å². The van der Waals surface area contributed by atoms with Gasteiger partial charge in [0.2, 0.25) is 0 Å². The first-order chi connectivity index (χ1) is 9.92. The third-order valence-electron chi connectivity index (χ3n) is 4.14. The number of rotatable bonds is 4. The molecular weight excluding hydrogens is 288 g/mol. The lowest BCUT2D eigenvalue weighted by Crippen LogP contribution is -2.44. The molecule has 2 amide bonds. The van der Waals surface area contributed by atoms with Crippen LogP contribution in [0.5, 0.6) is 0 Å². The van der Waals surface area contributed by atoms with Crippen LogP contribution >= 0.6 is 11.6 Å². The van der Waals surface area contributed by atoms with Gasteiger partial charge in [-0.1, -0.05) is 37.6 Å². The van der Waals surface area contributed by atoms with Crippen molar-refractivity contribution in [1.82, 2.24) is 10.2 Å². The quantitative estimate of drug-likeness (QED) is 0.898. The molecule has 1 aliphatic rings. The summed E-state index contributed by atoms with van der Waals surface area (Å²) in [7, 11) is 0. The van der Waals surface area contributed by atoms with Gasteiger partial charge in [0, 0.05) is 42.6 Å². The van der Waals surface area contributed by atoms with Crippen molar-refractivity contribution in [1.29, 1.82) is 0 Å². The van der Waals surface area contributed by atoms with Crippen LogP contribution in [-0.2, 0) is 5.41 Å². The zero-order chi connectivity index (χ0) is 15.5. The predicted octanol–water partition coefficient (Wildman–Crippen LogP) is 2.64. The maximum Gasteiger partial charge on any atom is 0.317 e. The Kier molecular flexibility index (Phi) is 5.12. The number of benzene rings is 1. The molecule has 0 spiro atoms. The predicted molar refractivity (Wildman–Crippen MR) is 84.6 cm³/mol. The Morgan fingerprint density at radius 1 is 1.43 bits per heavy atom. The monoisotopic (exact) mass is 310 g/mol. The molecule has 21 heavy (non-hydrogen) atoms. The third-order valence-corrected chi connectivity index (χ3v) is 4.39. The van der Waals surface area contributed by atoms with Gasteiger partial charge in [-0.2, -0.15) is 0 Å². The van der Waals surface area contributed by atoms with E-state index in [0.29, 0.717) is 18.1 Å². The van der Waals surface area contributed by atoms with Crippen LogP contribution in [0.3, 0.4) is 0 Å². The van der Waals surface area contributed by atoms with Crippen molar-refractivity contribution < 1.29 is 9.90 Å². The fourth-order valence-electron chi connectivity index (χ4n) is 2.58. The molecule has 0 bridgehead atoms. The van der Waals surface area contributed by atoms with Crippen LogP contribution in [0.1, 0.15) is 25.8 Å². The standard InChI is InChI=1S/C16H23ClN2O2/c1-16(2,13-3-5-14(17)6-4-13)11-18-15(21)19-8-7-12(9-19)10-20/h3-6,12,20H,7-11H2,1-2H3,(H,18,21). The highest BCUT2D eigenvalue weighted by Crippen LogP contribution is 2.24. The fraction of sp³-hybridized carbons (Fsp3) is 0.562. The number of nitrogens with zero attached hydrogens (tertiary/aromatic N) is 1. The Balaban J connectivity index is 1.89. The summed E-state index contributed by atoms with van der Waals surface area (Å²) in [5, 5.41) is 12.8. The highest BCUT2D eigenvalue weighted by Gasteiger charge is 2.27. The second-order valence-corrected chi connectivity index (χ2v) is 6.77. The zero-order valence-corrected chi connectivity index (χ0v) is 13.4. The number of amides is 2. The van der Waals surface area contributed by atoms with Gasteiger partial charge in [0.25, 0.3) is 0 Å². The minimum atomic E-state index is -0.156. The van der Waals surface area contributed by atoms with Crippen LogP contribution in [-0.4, -0.2) is 42.3 Å². The lowest BCUT2D eigenvalue weighted by Gasteiger charge is -2.27. The van der Waals surface area contributed by atoms with E-state index in [2.05, 4.69) is 19.2 Å². The van der Waals surface area contributed by atoms with E-state index in [1.165, 1.54) is 0 Å². The van der Waals surface area contributed by atoms with E-state index in [-0.39, 0.29) is 24.0 Å². The normalized spacial score (nSPS) is 18.9. The van der Waals surface area contributed by atoms with Gasteiger partial charge >= 0.3 is 6.03 Å². The largest absolute Gasteiger partial charge is 0.396 e. The molecule has 2 rings (SSSR count). The molecule has 5 heteroatoms. The average Bonchev–Trinajstić information content (AvgIpc) is 2.94. The van der Waals surface area contributed by atoms with Crippen molar-refractivity contribution in [2.24, 2.45) is 5.92 Å². The summed E-state index contributed by atoms with van der Waals surface area (Å²) in [4.78, 5) is 13.9. The van der Waals surface area contributed by atoms with E-state index in [4.69, 9.17) is 16.7 Å². The lowest BCUT2D eigenvalue weighted by molar-refractivity contribution is 0.196. The van der Waals surface area contributed by atoms with E-state index in [9.17, 15) is 4.79 Å². The molecule has 1 aromatic rings. The number of carbonyl (C=O) groups excluding carboxylic acids is 1. The van der Waals surface area contributed by atoms with Crippen LogP contribution in [0.25, 0.3) is 0 Å². The van der Waals surface area contributed by atoms with E-state index < -0.39 is 0 Å². The number of likely N-dealkylation sites (tertiary alicyclic amines) is 1. The first-order valence-electron chi connectivity index (χ1n) is 7.32. The van der Waals surface area contributed by atoms with Gasteiger partial charge in [0.1, 0.15) is 0 Å². The topological polar surface area (TPSA) is 52.6 Å². The number of hydrogen-bond donors (Lipinski definition) is 2. The van der Waals surface area contributed by atoms with Gasteiger partial charge in [-0.3, -0.25) is 0 Å². The smallest absolute Gasteiger partial charge is 0.317 e. The SMILES string of the molecule is CC(C)(CNC(=O)N1CCC(CO)C1)c1ccc(Cl)cc1. The number of halogens is 1. The molecule has 116 valence electrons. The number of carbonyl (C=O) groups is 1. The summed E-state index contributed by atoms with van der Waals surface area (Å²) in [6.07, 6.45) is 0.879. The van der Waals surface area contributed by atoms with E-state index >= 15 is 0 Å². The summed E-state index contributed by atoms with van der Waals surface area (Å²) < 4.78 is 0. The molecule has 0 aromatic heterocycles. The molecule has 1 aromatic carbocycles. The second-order valence-electron chi connectivity index (χ2n) is 6.33. The van der Waals surface area contributed by atoms with Gasteiger partial charge < -0.3 is 15.3 Å². The summed E-state index contributed by atoms with van der Waals surface area (Å²) in [5.74, 6) is 0.222. The van der Waals surface area contributed by atoms with Gasteiger partial charge in [-0.15, -0.1) is 0 Å². The molecule has 0 radical (unpaired) electrons. The molecule has 2 N–H and O–H groups in total. The second kappa shape index (κ2) is 6.67. The van der Waals surface area contributed by atoms with Gasteiger partial charge in [0.05, 0.1) is 0 Å². The lowest BCUT2D eigenvalue weighted by atomic mass is 9.85. The molecule has 0 saturated carbocycles. The number of nitrogens with one attached hydrogen (secondary N) is 1.